The average Bonchev–Trinajstić information content (AvgIpc) is 2.16. The normalized spacial score (nSPS) is 11.9. The maximum absolute atomic E-state index is 5.93. The Kier molecular flexibility index (Phi) is 4.25. The molecular weight excluding hydrogens is 264 g/mol. The topological polar surface area (TPSA) is 38.0 Å². The minimum absolute atomic E-state index is 0.263. The van der Waals surface area contributed by atoms with Gasteiger partial charge in [-0.2, -0.15) is 0 Å². The van der Waals surface area contributed by atoms with Crippen molar-refractivity contribution in [2.45, 2.75) is 27.7 Å². The summed E-state index contributed by atoms with van der Waals surface area (Å²) < 4.78 is 1.01. The third-order valence-corrected chi connectivity index (χ3v) is 3.80. The molecule has 3 N–H and O–H groups in total. The molecule has 0 fully saturated rings. The Hall–Kier alpha value is -0.700. The van der Waals surface area contributed by atoms with Crippen LogP contribution in [0.25, 0.3) is 0 Å². The molecule has 0 bridgehead atoms. The molecule has 0 atom stereocenters. The number of nitrogen functional groups attached to an aromatic ring is 1. The Morgan fingerprint density at radius 2 is 2.00 bits per heavy atom. The maximum Gasteiger partial charge on any atom is 0.0574 e. The van der Waals surface area contributed by atoms with Crippen molar-refractivity contribution in [3.05, 3.63) is 22.7 Å². The lowest BCUT2D eigenvalue weighted by atomic mass is 9.81. The molecule has 0 aliphatic rings. The number of nitrogens with one attached hydrogen (secondary N) is 1. The summed E-state index contributed by atoms with van der Waals surface area (Å²) in [4.78, 5) is 0. The predicted octanol–water partition coefficient (Wildman–Crippen LogP) is 4.13. The molecule has 0 saturated heterocycles. The van der Waals surface area contributed by atoms with Crippen LogP contribution in [0.3, 0.4) is 0 Å². The maximum atomic E-state index is 5.93. The Morgan fingerprint density at radius 3 is 2.50 bits per heavy atom. The molecule has 0 radical (unpaired) electrons. The van der Waals surface area contributed by atoms with Gasteiger partial charge in [0, 0.05) is 11.0 Å². The molecule has 0 aliphatic heterocycles. The quantitative estimate of drug-likeness (QED) is 0.816. The SMILES string of the molecule is CC(C)C(C)(C)CNc1ccc(Br)cc1N. The first-order chi connectivity index (χ1) is 7.33. The van der Waals surface area contributed by atoms with Gasteiger partial charge in [0.15, 0.2) is 0 Å². The van der Waals surface area contributed by atoms with Gasteiger partial charge >= 0.3 is 0 Å². The molecular formula is C13H21BrN2. The highest BCUT2D eigenvalue weighted by atomic mass is 79.9. The van der Waals surface area contributed by atoms with E-state index in [0.29, 0.717) is 5.92 Å². The van der Waals surface area contributed by atoms with Crippen molar-refractivity contribution in [1.29, 1.82) is 0 Å². The van der Waals surface area contributed by atoms with E-state index < -0.39 is 0 Å². The van der Waals surface area contributed by atoms with Crippen molar-refractivity contribution in [2.75, 3.05) is 17.6 Å². The van der Waals surface area contributed by atoms with Gasteiger partial charge in [0.05, 0.1) is 11.4 Å². The fraction of sp³-hybridized carbons (Fsp3) is 0.538. The van der Waals surface area contributed by atoms with Crippen molar-refractivity contribution >= 4 is 27.3 Å². The summed E-state index contributed by atoms with van der Waals surface area (Å²) in [5.74, 6) is 0.636. The first kappa shape index (κ1) is 13.4. The number of hydrogen-bond acceptors (Lipinski definition) is 2. The number of nitrogens with two attached hydrogens (primary N) is 1. The number of hydrogen-bond donors (Lipinski definition) is 2. The number of rotatable bonds is 4. The fourth-order valence-corrected chi connectivity index (χ4v) is 1.60. The van der Waals surface area contributed by atoms with Crippen LogP contribution in [0.4, 0.5) is 11.4 Å². The highest BCUT2D eigenvalue weighted by Gasteiger charge is 2.22. The van der Waals surface area contributed by atoms with E-state index in [1.807, 2.05) is 18.2 Å². The second-order valence-electron chi connectivity index (χ2n) is 5.23. The predicted molar refractivity (Wildman–Crippen MR) is 75.7 cm³/mol. The minimum atomic E-state index is 0.263. The fourth-order valence-electron chi connectivity index (χ4n) is 1.22. The minimum Gasteiger partial charge on any atom is -0.397 e. The second kappa shape index (κ2) is 5.09. The molecule has 0 aliphatic carbocycles. The Labute approximate surface area is 107 Å². The van der Waals surface area contributed by atoms with Crippen LogP contribution in [0.1, 0.15) is 27.7 Å². The molecule has 90 valence electrons. The second-order valence-corrected chi connectivity index (χ2v) is 6.14. The summed E-state index contributed by atoms with van der Waals surface area (Å²) >= 11 is 3.40. The van der Waals surface area contributed by atoms with Crippen molar-refractivity contribution in [1.82, 2.24) is 0 Å². The zero-order valence-electron chi connectivity index (χ0n) is 10.5. The molecule has 0 spiro atoms. The smallest absolute Gasteiger partial charge is 0.0574 e. The molecule has 2 nitrogen and oxygen atoms in total. The van der Waals surface area contributed by atoms with E-state index in [2.05, 4.69) is 48.9 Å². The molecule has 0 saturated carbocycles. The first-order valence-corrected chi connectivity index (χ1v) is 6.41. The van der Waals surface area contributed by atoms with E-state index in [-0.39, 0.29) is 5.41 Å². The van der Waals surface area contributed by atoms with Crippen LogP contribution in [-0.4, -0.2) is 6.54 Å². The van der Waals surface area contributed by atoms with Gasteiger partial charge in [-0.25, -0.2) is 0 Å². The van der Waals surface area contributed by atoms with E-state index in [1.54, 1.807) is 0 Å². The average molecular weight is 285 g/mol. The number of halogens is 1. The summed E-state index contributed by atoms with van der Waals surface area (Å²) in [6.07, 6.45) is 0. The van der Waals surface area contributed by atoms with Crippen LogP contribution in [0.15, 0.2) is 22.7 Å². The molecule has 16 heavy (non-hydrogen) atoms. The van der Waals surface area contributed by atoms with Gasteiger partial charge in [0.1, 0.15) is 0 Å². The van der Waals surface area contributed by atoms with Gasteiger partial charge in [-0.1, -0.05) is 43.6 Å². The van der Waals surface area contributed by atoms with E-state index in [1.165, 1.54) is 0 Å². The van der Waals surface area contributed by atoms with Crippen molar-refractivity contribution in [2.24, 2.45) is 11.3 Å². The summed E-state index contributed by atoms with van der Waals surface area (Å²) in [6, 6.07) is 5.93. The summed E-state index contributed by atoms with van der Waals surface area (Å²) in [6.45, 7) is 9.94. The van der Waals surface area contributed by atoms with Crippen molar-refractivity contribution in [3.63, 3.8) is 0 Å². The van der Waals surface area contributed by atoms with Crippen LogP contribution in [0, 0.1) is 11.3 Å². The zero-order valence-corrected chi connectivity index (χ0v) is 12.1. The molecule has 1 aromatic rings. The van der Waals surface area contributed by atoms with Gasteiger partial charge < -0.3 is 11.1 Å². The monoisotopic (exact) mass is 284 g/mol. The zero-order chi connectivity index (χ0) is 12.3. The first-order valence-electron chi connectivity index (χ1n) is 5.62. The number of anilines is 2. The van der Waals surface area contributed by atoms with Gasteiger partial charge in [0.2, 0.25) is 0 Å². The van der Waals surface area contributed by atoms with Crippen LogP contribution in [0.5, 0.6) is 0 Å². The lowest BCUT2D eigenvalue weighted by Crippen LogP contribution is -2.28. The highest BCUT2D eigenvalue weighted by molar-refractivity contribution is 9.10. The van der Waals surface area contributed by atoms with Crippen LogP contribution >= 0.6 is 15.9 Å². The number of benzene rings is 1. The molecule has 0 unspecified atom stereocenters. The molecule has 0 amide bonds. The Bertz CT molecular complexity index is 359. The van der Waals surface area contributed by atoms with E-state index in [0.717, 1.165) is 22.4 Å². The molecule has 1 rings (SSSR count). The third-order valence-electron chi connectivity index (χ3n) is 3.31. The van der Waals surface area contributed by atoms with E-state index in [9.17, 15) is 0 Å². The van der Waals surface area contributed by atoms with Gasteiger partial charge in [-0.3, -0.25) is 0 Å². The van der Waals surface area contributed by atoms with Crippen LogP contribution in [-0.2, 0) is 0 Å². The van der Waals surface area contributed by atoms with Gasteiger partial charge in [-0.15, -0.1) is 0 Å². The van der Waals surface area contributed by atoms with Crippen molar-refractivity contribution < 1.29 is 0 Å². The molecule has 3 heteroatoms. The summed E-state index contributed by atoms with van der Waals surface area (Å²) in [5, 5.41) is 3.42. The lowest BCUT2D eigenvalue weighted by molar-refractivity contribution is 0.270. The molecule has 0 heterocycles. The summed E-state index contributed by atoms with van der Waals surface area (Å²) in [5.41, 5.74) is 7.99. The van der Waals surface area contributed by atoms with Crippen LogP contribution < -0.4 is 11.1 Å². The third kappa shape index (κ3) is 3.41. The molecule has 1 aromatic carbocycles. The Morgan fingerprint density at radius 1 is 1.38 bits per heavy atom. The summed E-state index contributed by atoms with van der Waals surface area (Å²) in [7, 11) is 0. The van der Waals surface area contributed by atoms with Crippen LogP contribution in [0.2, 0.25) is 0 Å². The van der Waals surface area contributed by atoms with E-state index in [4.69, 9.17) is 5.73 Å². The standard InChI is InChI=1S/C13H21BrN2/c1-9(2)13(3,4)8-16-12-6-5-10(14)7-11(12)15/h5-7,9,16H,8,15H2,1-4H3. The van der Waals surface area contributed by atoms with Gasteiger partial charge in [-0.05, 0) is 29.5 Å². The Balaban J connectivity index is 2.68. The molecule has 0 aromatic heterocycles. The highest BCUT2D eigenvalue weighted by Crippen LogP contribution is 2.28. The van der Waals surface area contributed by atoms with Crippen molar-refractivity contribution in [3.8, 4) is 0 Å². The largest absolute Gasteiger partial charge is 0.397 e. The van der Waals surface area contributed by atoms with E-state index >= 15 is 0 Å². The van der Waals surface area contributed by atoms with Gasteiger partial charge in [0.25, 0.3) is 0 Å². The lowest BCUT2D eigenvalue weighted by Gasteiger charge is -2.30.